The van der Waals surface area contributed by atoms with Gasteiger partial charge in [-0.05, 0) is 32.0 Å². The van der Waals surface area contributed by atoms with Gasteiger partial charge in [-0.15, -0.1) is 11.8 Å². The molecule has 20 heavy (non-hydrogen) atoms. The van der Waals surface area contributed by atoms with Crippen LogP contribution in [-0.4, -0.2) is 27.1 Å². The average molecular weight is 289 g/mol. The number of nitrogens with two attached hydrogens (primary N) is 1. The number of aromatic nitrogens is 3. The van der Waals surface area contributed by atoms with Gasteiger partial charge in [0.15, 0.2) is 0 Å². The van der Waals surface area contributed by atoms with Crippen LogP contribution in [0.1, 0.15) is 25.7 Å². The van der Waals surface area contributed by atoms with Gasteiger partial charge < -0.3 is 10.6 Å². The summed E-state index contributed by atoms with van der Waals surface area (Å²) in [6.45, 7) is 6.02. The second kappa shape index (κ2) is 5.36. The van der Waals surface area contributed by atoms with Crippen LogP contribution in [0, 0.1) is 0 Å². The second-order valence-electron chi connectivity index (χ2n) is 5.21. The lowest BCUT2D eigenvalue weighted by molar-refractivity contribution is 0.501. The predicted molar refractivity (Wildman–Crippen MR) is 83.0 cm³/mol. The number of rotatable bonds is 3. The van der Waals surface area contributed by atoms with Crippen molar-refractivity contribution >= 4 is 23.1 Å². The van der Waals surface area contributed by atoms with Crippen LogP contribution in [-0.2, 0) is 6.54 Å². The third-order valence-corrected chi connectivity index (χ3v) is 4.45. The maximum Gasteiger partial charge on any atom is 0.146 e. The fourth-order valence-electron chi connectivity index (χ4n) is 2.44. The molecule has 106 valence electrons. The highest BCUT2D eigenvalue weighted by molar-refractivity contribution is 7.99. The van der Waals surface area contributed by atoms with Crippen molar-refractivity contribution in [2.24, 2.45) is 0 Å². The van der Waals surface area contributed by atoms with Crippen molar-refractivity contribution in [3.63, 3.8) is 0 Å². The van der Waals surface area contributed by atoms with Gasteiger partial charge >= 0.3 is 0 Å². The Bertz CT molecular complexity index is 607. The number of benzene rings is 1. The molecule has 2 heterocycles. The van der Waals surface area contributed by atoms with Crippen LogP contribution in [0.2, 0.25) is 0 Å². The lowest BCUT2D eigenvalue weighted by Gasteiger charge is -2.31. The first kappa shape index (κ1) is 13.3. The third-order valence-electron chi connectivity index (χ3n) is 3.41. The summed E-state index contributed by atoms with van der Waals surface area (Å²) in [5.41, 5.74) is 7.94. The molecule has 0 fully saturated rings. The van der Waals surface area contributed by atoms with Crippen LogP contribution in [0.5, 0.6) is 0 Å². The van der Waals surface area contributed by atoms with Gasteiger partial charge in [0.05, 0.1) is 12.2 Å². The van der Waals surface area contributed by atoms with Crippen molar-refractivity contribution in [1.29, 1.82) is 0 Å². The van der Waals surface area contributed by atoms with E-state index in [1.54, 1.807) is 6.33 Å². The first-order valence-electron chi connectivity index (χ1n) is 6.81. The van der Waals surface area contributed by atoms with Gasteiger partial charge in [0.1, 0.15) is 12.2 Å². The summed E-state index contributed by atoms with van der Waals surface area (Å²) in [6, 6.07) is 6.45. The molecule has 0 saturated heterocycles. The molecule has 0 unspecified atom stereocenters. The van der Waals surface area contributed by atoms with Crippen LogP contribution < -0.4 is 10.6 Å². The van der Waals surface area contributed by atoms with Crippen LogP contribution in [0.4, 0.5) is 11.4 Å². The first-order valence-corrected chi connectivity index (χ1v) is 7.79. The van der Waals surface area contributed by atoms with E-state index in [1.807, 2.05) is 22.5 Å². The zero-order chi connectivity index (χ0) is 14.1. The minimum absolute atomic E-state index is 0.326. The Morgan fingerprint density at radius 2 is 2.25 bits per heavy atom. The molecule has 5 nitrogen and oxygen atoms in total. The van der Waals surface area contributed by atoms with Gasteiger partial charge in [0.2, 0.25) is 0 Å². The van der Waals surface area contributed by atoms with Gasteiger partial charge in [-0.25, -0.2) is 9.67 Å². The van der Waals surface area contributed by atoms with Gasteiger partial charge in [-0.1, -0.05) is 0 Å². The van der Waals surface area contributed by atoms with E-state index in [0.29, 0.717) is 6.04 Å². The van der Waals surface area contributed by atoms with E-state index in [1.165, 1.54) is 10.6 Å². The molecule has 1 aromatic heterocycles. The van der Waals surface area contributed by atoms with E-state index < -0.39 is 0 Å². The lowest BCUT2D eigenvalue weighted by atomic mass is 10.2. The maximum absolute atomic E-state index is 5.93. The molecular weight excluding hydrogens is 270 g/mol. The normalized spacial score (nSPS) is 14.7. The molecule has 0 spiro atoms. The standard InChI is InChI=1S/C14H19N5S/c1-10(2)19-14(16-9-17-19)8-18-5-6-20-13-4-3-11(15)7-12(13)18/h3-4,7,9-10H,5-6,8,15H2,1-2H3. The van der Waals surface area contributed by atoms with E-state index in [9.17, 15) is 0 Å². The molecule has 0 radical (unpaired) electrons. The predicted octanol–water partition coefficient (Wildman–Crippen LogP) is 2.55. The SMILES string of the molecule is CC(C)n1ncnc1CN1CCSc2ccc(N)cc21. The summed E-state index contributed by atoms with van der Waals surface area (Å²) < 4.78 is 1.98. The average Bonchev–Trinajstić information content (AvgIpc) is 2.88. The summed E-state index contributed by atoms with van der Waals surface area (Å²) in [4.78, 5) is 8.03. The maximum atomic E-state index is 5.93. The zero-order valence-corrected chi connectivity index (χ0v) is 12.6. The van der Waals surface area contributed by atoms with E-state index in [2.05, 4.69) is 41.0 Å². The Hall–Kier alpha value is -1.69. The Labute approximate surface area is 123 Å². The quantitative estimate of drug-likeness (QED) is 0.880. The molecule has 2 aromatic rings. The molecule has 1 aliphatic heterocycles. The number of hydrogen-bond acceptors (Lipinski definition) is 5. The minimum Gasteiger partial charge on any atom is -0.399 e. The number of nitrogen functional groups attached to an aromatic ring is 1. The van der Waals surface area contributed by atoms with Crippen molar-refractivity contribution < 1.29 is 0 Å². The highest BCUT2D eigenvalue weighted by Gasteiger charge is 2.20. The molecule has 0 saturated carbocycles. The highest BCUT2D eigenvalue weighted by Crippen LogP contribution is 2.36. The molecule has 0 atom stereocenters. The second-order valence-corrected chi connectivity index (χ2v) is 6.35. The molecule has 0 aliphatic carbocycles. The molecule has 1 aliphatic rings. The number of hydrogen-bond donors (Lipinski definition) is 1. The van der Waals surface area contributed by atoms with Crippen molar-refractivity contribution in [3.8, 4) is 0 Å². The fraction of sp³-hybridized carbons (Fsp3) is 0.429. The van der Waals surface area contributed by atoms with Crippen LogP contribution in [0.15, 0.2) is 29.4 Å². The molecule has 0 amide bonds. The lowest BCUT2D eigenvalue weighted by Crippen LogP contribution is -2.30. The van der Waals surface area contributed by atoms with Gasteiger partial charge in [0.25, 0.3) is 0 Å². The number of nitrogens with zero attached hydrogens (tertiary/aromatic N) is 4. The van der Waals surface area contributed by atoms with Crippen molar-refractivity contribution in [2.75, 3.05) is 22.9 Å². The van der Waals surface area contributed by atoms with E-state index >= 15 is 0 Å². The van der Waals surface area contributed by atoms with Crippen LogP contribution in [0.25, 0.3) is 0 Å². The topological polar surface area (TPSA) is 60.0 Å². The summed E-state index contributed by atoms with van der Waals surface area (Å²) in [7, 11) is 0. The van der Waals surface area contributed by atoms with Gasteiger partial charge in [-0.3, -0.25) is 0 Å². The van der Waals surface area contributed by atoms with Crippen molar-refractivity contribution in [3.05, 3.63) is 30.4 Å². The summed E-state index contributed by atoms with van der Waals surface area (Å²) >= 11 is 1.88. The molecule has 6 heteroatoms. The van der Waals surface area contributed by atoms with E-state index in [-0.39, 0.29) is 0 Å². The Morgan fingerprint density at radius 1 is 1.40 bits per heavy atom. The largest absolute Gasteiger partial charge is 0.399 e. The zero-order valence-electron chi connectivity index (χ0n) is 11.8. The van der Waals surface area contributed by atoms with E-state index in [4.69, 9.17) is 5.73 Å². The molecule has 0 bridgehead atoms. The van der Waals surface area contributed by atoms with Crippen LogP contribution in [0.3, 0.4) is 0 Å². The highest BCUT2D eigenvalue weighted by atomic mass is 32.2. The van der Waals surface area contributed by atoms with Gasteiger partial charge in [-0.2, -0.15) is 5.10 Å². The Morgan fingerprint density at radius 3 is 3.05 bits per heavy atom. The summed E-state index contributed by atoms with van der Waals surface area (Å²) in [5.74, 6) is 2.09. The molecule has 2 N–H and O–H groups in total. The summed E-state index contributed by atoms with van der Waals surface area (Å²) in [5, 5.41) is 4.30. The van der Waals surface area contributed by atoms with Gasteiger partial charge in [0, 0.05) is 28.9 Å². The van der Waals surface area contributed by atoms with Crippen LogP contribution >= 0.6 is 11.8 Å². The molecular formula is C14H19N5S. The number of thioether (sulfide) groups is 1. The van der Waals surface area contributed by atoms with Crippen molar-refractivity contribution in [2.45, 2.75) is 31.3 Å². The first-order chi connectivity index (χ1) is 9.65. The number of fused-ring (bicyclic) bond motifs is 1. The smallest absolute Gasteiger partial charge is 0.146 e. The molecule has 1 aromatic carbocycles. The number of anilines is 2. The minimum atomic E-state index is 0.326. The monoisotopic (exact) mass is 289 g/mol. The third kappa shape index (κ3) is 2.47. The molecule has 3 rings (SSSR count). The van der Waals surface area contributed by atoms with Crippen molar-refractivity contribution in [1.82, 2.24) is 14.8 Å². The summed E-state index contributed by atoms with van der Waals surface area (Å²) in [6.07, 6.45) is 1.63. The van der Waals surface area contributed by atoms with E-state index in [0.717, 1.165) is 30.4 Å². The Balaban J connectivity index is 1.89. The Kier molecular flexibility index (Phi) is 3.56. The fourth-order valence-corrected chi connectivity index (χ4v) is 3.48.